The van der Waals surface area contributed by atoms with Crippen LogP contribution in [0, 0.1) is 25.5 Å². The van der Waals surface area contributed by atoms with Gasteiger partial charge in [-0.25, -0.2) is 8.78 Å². The highest BCUT2D eigenvalue weighted by molar-refractivity contribution is 5.85. The van der Waals surface area contributed by atoms with E-state index in [2.05, 4.69) is 5.32 Å². The molecular weight excluding hydrogens is 639 g/mol. The first-order valence-electron chi connectivity index (χ1n) is 14.9. The number of pyridine rings is 1. The summed E-state index contributed by atoms with van der Waals surface area (Å²) in [4.78, 5) is 40.1. The quantitative estimate of drug-likeness (QED) is 0.187. The van der Waals surface area contributed by atoms with Crippen LogP contribution in [0.15, 0.2) is 65.6 Å². The summed E-state index contributed by atoms with van der Waals surface area (Å²) in [5.74, 6) is -2.82. The first-order chi connectivity index (χ1) is 22.7. The fourth-order valence-corrected chi connectivity index (χ4v) is 5.75. The minimum Gasteiger partial charge on any atom is -0.497 e. The maximum Gasteiger partial charge on any atom is 0.416 e. The van der Waals surface area contributed by atoms with Gasteiger partial charge < -0.3 is 19.5 Å². The topological polar surface area (TPSA) is 95.9 Å². The highest BCUT2D eigenvalue weighted by Gasteiger charge is 2.35. The van der Waals surface area contributed by atoms with Gasteiger partial charge in [0, 0.05) is 35.0 Å². The molecule has 2 heterocycles. The molecule has 13 heteroatoms. The Morgan fingerprint density at radius 3 is 2.42 bits per heavy atom. The highest BCUT2D eigenvalue weighted by Crippen LogP contribution is 2.40. The van der Waals surface area contributed by atoms with E-state index >= 15 is 8.78 Å². The average molecular weight is 671 g/mol. The van der Waals surface area contributed by atoms with Crippen LogP contribution < -0.4 is 20.3 Å². The van der Waals surface area contributed by atoms with E-state index in [1.165, 1.54) is 32.2 Å². The predicted octanol–water partition coefficient (Wildman–Crippen LogP) is 6.73. The number of methoxy groups -OCH3 is 1. The zero-order valence-electron chi connectivity index (χ0n) is 26.3. The van der Waals surface area contributed by atoms with E-state index < -0.39 is 59.3 Å². The SMILES string of the molecule is CCOC(=O)C[C@@H]1NC(=O)[C@@H](n2ccc(C(F)(F)F)cc2=O)c2cc(ccc2F)COc2cc(OC)cc(C)c2-c2cc(C)c(F)c1c2. The molecule has 252 valence electrons. The van der Waals surface area contributed by atoms with Crippen molar-refractivity contribution in [2.75, 3.05) is 13.7 Å². The van der Waals surface area contributed by atoms with Crippen LogP contribution in [0.1, 0.15) is 58.8 Å². The van der Waals surface area contributed by atoms with Gasteiger partial charge in [0.15, 0.2) is 0 Å². The number of hydrogen-bond donors (Lipinski definition) is 1. The number of nitrogens with zero attached hydrogens (tertiary/aromatic N) is 1. The number of ether oxygens (including phenoxy) is 3. The Bertz CT molecular complexity index is 1960. The molecule has 0 unspecified atom stereocenters. The third-order valence-corrected chi connectivity index (χ3v) is 8.00. The maximum absolute atomic E-state index is 16.0. The number of hydrogen-bond acceptors (Lipinski definition) is 6. The number of carbonyl (C=O) groups is 2. The smallest absolute Gasteiger partial charge is 0.416 e. The monoisotopic (exact) mass is 670 g/mol. The van der Waals surface area contributed by atoms with Crippen LogP contribution in [-0.2, 0) is 27.1 Å². The molecule has 4 bridgehead atoms. The Labute approximate surface area is 272 Å². The zero-order valence-corrected chi connectivity index (χ0v) is 26.3. The predicted molar refractivity (Wildman–Crippen MR) is 165 cm³/mol. The van der Waals surface area contributed by atoms with E-state index in [9.17, 15) is 27.6 Å². The number of fused-ring (bicyclic) bond motifs is 6. The summed E-state index contributed by atoms with van der Waals surface area (Å²) >= 11 is 0. The molecule has 0 aliphatic carbocycles. The van der Waals surface area contributed by atoms with Gasteiger partial charge in [-0.05, 0) is 79.4 Å². The zero-order chi connectivity index (χ0) is 34.9. The summed E-state index contributed by atoms with van der Waals surface area (Å²) in [7, 11) is 1.47. The Morgan fingerprint density at radius 1 is 1.00 bits per heavy atom. The summed E-state index contributed by atoms with van der Waals surface area (Å²) in [6.45, 7) is 4.67. The number of nitrogens with one attached hydrogen (secondary N) is 1. The molecule has 8 nitrogen and oxygen atoms in total. The minimum absolute atomic E-state index is 0.0195. The van der Waals surface area contributed by atoms with E-state index in [1.54, 1.807) is 32.0 Å². The molecule has 1 amide bonds. The highest BCUT2D eigenvalue weighted by atomic mass is 19.4. The Morgan fingerprint density at radius 2 is 1.75 bits per heavy atom. The van der Waals surface area contributed by atoms with Crippen molar-refractivity contribution in [1.29, 1.82) is 0 Å². The molecule has 1 aliphatic rings. The lowest BCUT2D eigenvalue weighted by Crippen LogP contribution is -2.41. The van der Waals surface area contributed by atoms with Crippen LogP contribution in [0.5, 0.6) is 11.5 Å². The van der Waals surface area contributed by atoms with Crippen molar-refractivity contribution in [2.24, 2.45) is 0 Å². The van der Waals surface area contributed by atoms with Crippen molar-refractivity contribution >= 4 is 11.9 Å². The Kier molecular flexibility index (Phi) is 9.60. The first-order valence-corrected chi connectivity index (χ1v) is 14.9. The van der Waals surface area contributed by atoms with Gasteiger partial charge in [-0.2, -0.15) is 13.2 Å². The molecule has 0 radical (unpaired) electrons. The Balaban J connectivity index is 1.79. The number of alkyl halides is 3. The molecule has 5 rings (SSSR count). The van der Waals surface area contributed by atoms with Crippen LogP contribution in [0.2, 0.25) is 0 Å². The van der Waals surface area contributed by atoms with E-state index in [-0.39, 0.29) is 29.9 Å². The number of halogens is 5. The minimum atomic E-state index is -4.87. The van der Waals surface area contributed by atoms with Gasteiger partial charge in [0.2, 0.25) is 5.91 Å². The number of benzene rings is 3. The van der Waals surface area contributed by atoms with Crippen LogP contribution in [-0.4, -0.2) is 30.2 Å². The van der Waals surface area contributed by atoms with Crippen molar-refractivity contribution in [3.05, 3.63) is 116 Å². The summed E-state index contributed by atoms with van der Waals surface area (Å²) < 4.78 is 89.3. The lowest BCUT2D eigenvalue weighted by molar-refractivity contribution is -0.144. The molecular formula is C35H31F5N2O6. The largest absolute Gasteiger partial charge is 0.497 e. The molecule has 1 aliphatic heterocycles. The number of esters is 1. The van der Waals surface area contributed by atoms with E-state index in [1.807, 2.05) is 0 Å². The van der Waals surface area contributed by atoms with Crippen molar-refractivity contribution in [3.8, 4) is 22.6 Å². The number of rotatable bonds is 5. The fourth-order valence-electron chi connectivity index (χ4n) is 5.75. The summed E-state index contributed by atoms with van der Waals surface area (Å²) in [5.41, 5.74) is -0.781. The summed E-state index contributed by atoms with van der Waals surface area (Å²) in [5, 5.41) is 2.57. The van der Waals surface area contributed by atoms with Crippen molar-refractivity contribution in [1.82, 2.24) is 9.88 Å². The third kappa shape index (κ3) is 6.90. The molecule has 1 N–H and O–H groups in total. The van der Waals surface area contributed by atoms with Gasteiger partial charge in [-0.15, -0.1) is 0 Å². The van der Waals surface area contributed by atoms with Gasteiger partial charge in [0.1, 0.15) is 35.8 Å². The number of amides is 1. The molecule has 0 saturated carbocycles. The molecule has 4 aromatic rings. The molecule has 0 saturated heterocycles. The summed E-state index contributed by atoms with van der Waals surface area (Å²) in [6.07, 6.45) is -4.70. The van der Waals surface area contributed by atoms with Crippen molar-refractivity contribution in [2.45, 2.75) is 52.1 Å². The van der Waals surface area contributed by atoms with Crippen LogP contribution in [0.3, 0.4) is 0 Å². The second-order valence-corrected chi connectivity index (χ2v) is 11.3. The molecule has 2 atom stereocenters. The van der Waals surface area contributed by atoms with Gasteiger partial charge in [-0.1, -0.05) is 6.07 Å². The number of carbonyl (C=O) groups excluding carboxylic acids is 2. The second-order valence-electron chi connectivity index (χ2n) is 11.3. The van der Waals surface area contributed by atoms with Gasteiger partial charge in [0.25, 0.3) is 5.56 Å². The number of aryl methyl sites for hydroxylation is 2. The van der Waals surface area contributed by atoms with Crippen molar-refractivity contribution < 1.29 is 45.8 Å². The van der Waals surface area contributed by atoms with E-state index in [0.29, 0.717) is 50.5 Å². The lowest BCUT2D eigenvalue weighted by atomic mass is 9.91. The van der Waals surface area contributed by atoms with Crippen LogP contribution in [0.4, 0.5) is 22.0 Å². The van der Waals surface area contributed by atoms with Crippen molar-refractivity contribution in [3.63, 3.8) is 0 Å². The molecule has 48 heavy (non-hydrogen) atoms. The Hall–Kier alpha value is -5.20. The average Bonchev–Trinajstić information content (AvgIpc) is 3.02. The molecule has 1 aromatic heterocycles. The molecule has 0 spiro atoms. The second kappa shape index (κ2) is 13.5. The van der Waals surface area contributed by atoms with E-state index in [4.69, 9.17) is 14.2 Å². The standard InChI is InChI=1S/C35H31F5N2O6/c1-5-47-30(44)16-27-25-13-21(10-19(3)32(25)37)31-18(2)11-23(46-4)15-28(31)48-17-20-6-7-26(36)24(12-20)33(34(45)41-27)42-9-8-22(14-29(42)43)35(38,39)40/h6-15,27,33H,5,16-17H2,1-4H3,(H,41,45)/t27-,33-/m0/s1. The first kappa shape index (κ1) is 34.1. The fraction of sp³-hybridized carbons (Fsp3) is 0.286. The molecule has 0 fully saturated rings. The van der Waals surface area contributed by atoms with Crippen LogP contribution >= 0.6 is 0 Å². The van der Waals surface area contributed by atoms with Crippen LogP contribution in [0.25, 0.3) is 11.1 Å². The van der Waals surface area contributed by atoms with E-state index in [0.717, 1.165) is 12.3 Å². The molecule has 3 aromatic carbocycles. The lowest BCUT2D eigenvalue weighted by Gasteiger charge is -2.27. The maximum atomic E-state index is 16.0. The summed E-state index contributed by atoms with van der Waals surface area (Å²) in [6, 6.07) is 7.67. The number of aromatic nitrogens is 1. The normalized spacial score (nSPS) is 16.2. The van der Waals surface area contributed by atoms with Gasteiger partial charge in [0.05, 0.1) is 31.7 Å². The third-order valence-electron chi connectivity index (χ3n) is 8.00. The van der Waals surface area contributed by atoms with Gasteiger partial charge >= 0.3 is 12.1 Å². The van der Waals surface area contributed by atoms with Gasteiger partial charge in [-0.3, -0.25) is 19.0 Å².